The van der Waals surface area contributed by atoms with Crippen LogP contribution in [0.15, 0.2) is 14.2 Å². The minimum absolute atomic E-state index is 0.164. The van der Waals surface area contributed by atoms with E-state index in [1.165, 1.54) is 23.1 Å². The van der Waals surface area contributed by atoms with E-state index in [1.54, 1.807) is 11.8 Å². The van der Waals surface area contributed by atoms with Crippen molar-refractivity contribution in [3.05, 3.63) is 21.7 Å². The third-order valence-electron chi connectivity index (χ3n) is 5.42. The first-order valence-corrected chi connectivity index (χ1v) is 13.7. The summed E-state index contributed by atoms with van der Waals surface area (Å²) in [5.74, 6) is 0.937. The Kier molecular flexibility index (Phi) is 8.58. The quantitative estimate of drug-likeness (QED) is 0.301. The predicted molar refractivity (Wildman–Crippen MR) is 128 cm³/mol. The number of anilines is 1. The molecule has 174 valence electrons. The molecule has 4 rings (SSSR count). The molecule has 32 heavy (non-hydrogen) atoms. The first-order chi connectivity index (χ1) is 15.6. The molecule has 1 aliphatic carbocycles. The van der Waals surface area contributed by atoms with E-state index in [4.69, 9.17) is 4.74 Å². The number of thioether (sulfide) groups is 2. The van der Waals surface area contributed by atoms with E-state index in [0.717, 1.165) is 79.9 Å². The van der Waals surface area contributed by atoms with Crippen LogP contribution < -0.4 is 11.0 Å². The lowest BCUT2D eigenvalue weighted by molar-refractivity contribution is -0.113. The summed E-state index contributed by atoms with van der Waals surface area (Å²) in [6, 6.07) is 0. The second-order valence-corrected chi connectivity index (χ2v) is 11.0. The van der Waals surface area contributed by atoms with E-state index in [2.05, 4.69) is 25.4 Å². The highest BCUT2D eigenvalue weighted by atomic mass is 32.2. The Labute approximate surface area is 199 Å². The van der Waals surface area contributed by atoms with Gasteiger partial charge in [-0.3, -0.25) is 19.6 Å². The average molecular weight is 497 g/mol. The number of hydrogen-bond acceptors (Lipinski definition) is 10. The number of ether oxygens (including phenoxy) is 1. The molecule has 1 saturated heterocycles. The number of nitrogens with zero attached hydrogens (tertiary/aromatic N) is 5. The molecule has 2 aromatic heterocycles. The topological polar surface area (TPSA) is 102 Å². The highest BCUT2D eigenvalue weighted by molar-refractivity contribution is 8.01. The fourth-order valence-electron chi connectivity index (χ4n) is 3.94. The molecule has 1 fully saturated rings. The molecule has 3 heterocycles. The number of amides is 1. The van der Waals surface area contributed by atoms with Crippen molar-refractivity contribution in [1.29, 1.82) is 0 Å². The van der Waals surface area contributed by atoms with Crippen molar-refractivity contribution in [2.75, 3.05) is 49.7 Å². The molecule has 1 N–H and O–H groups in total. The lowest BCUT2D eigenvalue weighted by Gasteiger charge is -2.26. The first-order valence-electron chi connectivity index (χ1n) is 11.0. The lowest BCUT2D eigenvalue weighted by Crippen LogP contribution is -2.37. The molecule has 9 nitrogen and oxygen atoms in total. The van der Waals surface area contributed by atoms with Gasteiger partial charge >= 0.3 is 5.69 Å². The van der Waals surface area contributed by atoms with Crippen molar-refractivity contribution in [3.63, 3.8) is 0 Å². The fourth-order valence-corrected chi connectivity index (χ4v) is 6.49. The third kappa shape index (κ3) is 6.10. The molecule has 0 radical (unpaired) electrons. The van der Waals surface area contributed by atoms with Gasteiger partial charge in [-0.05, 0) is 31.4 Å². The molecule has 0 aromatic carbocycles. The van der Waals surface area contributed by atoms with Crippen LogP contribution in [0.5, 0.6) is 0 Å². The van der Waals surface area contributed by atoms with Gasteiger partial charge in [-0.15, -0.1) is 10.2 Å². The maximum absolute atomic E-state index is 12.8. The smallest absolute Gasteiger partial charge is 0.348 e. The van der Waals surface area contributed by atoms with Gasteiger partial charge in [0.15, 0.2) is 4.34 Å². The zero-order valence-corrected chi connectivity index (χ0v) is 20.6. The second kappa shape index (κ2) is 11.6. The normalized spacial score (nSPS) is 16.3. The van der Waals surface area contributed by atoms with Crippen molar-refractivity contribution in [3.8, 4) is 0 Å². The monoisotopic (exact) mass is 496 g/mol. The van der Waals surface area contributed by atoms with Gasteiger partial charge in [0.25, 0.3) is 0 Å². The molecule has 0 spiro atoms. The van der Waals surface area contributed by atoms with E-state index < -0.39 is 0 Å². The number of fused-ring (bicyclic) bond motifs is 1. The standard InChI is InChI=1S/C20H28N6O3S3/c1-2-30-20-24-23-18(32-20)21-16(27)13-31-17-14-5-3-6-15(14)26(19(28)22-17)8-4-7-25-9-11-29-12-10-25/h2-13H2,1H3,(H,21,23,27). The summed E-state index contributed by atoms with van der Waals surface area (Å²) >= 11 is 4.30. The number of hydrogen-bond donors (Lipinski definition) is 1. The van der Waals surface area contributed by atoms with Gasteiger partial charge in [0, 0.05) is 37.4 Å². The third-order valence-corrected chi connectivity index (χ3v) is 8.29. The average Bonchev–Trinajstić information content (AvgIpc) is 3.45. The van der Waals surface area contributed by atoms with E-state index in [9.17, 15) is 9.59 Å². The molecule has 12 heteroatoms. The summed E-state index contributed by atoms with van der Waals surface area (Å²) in [6.07, 6.45) is 3.74. The second-order valence-electron chi connectivity index (χ2n) is 7.58. The van der Waals surface area contributed by atoms with Crippen LogP contribution in [0.2, 0.25) is 0 Å². The minimum atomic E-state index is -0.208. The molecule has 2 aliphatic rings. The molecular formula is C20H28N6O3S3. The van der Waals surface area contributed by atoms with Gasteiger partial charge in [0.2, 0.25) is 11.0 Å². The molecule has 2 aromatic rings. The Bertz CT molecular complexity index is 989. The molecular weight excluding hydrogens is 468 g/mol. The fraction of sp³-hybridized carbons (Fsp3) is 0.650. The van der Waals surface area contributed by atoms with Gasteiger partial charge in [-0.1, -0.05) is 41.8 Å². The lowest BCUT2D eigenvalue weighted by atomic mass is 10.2. The van der Waals surface area contributed by atoms with E-state index >= 15 is 0 Å². The van der Waals surface area contributed by atoms with Gasteiger partial charge in [0.1, 0.15) is 5.03 Å². The van der Waals surface area contributed by atoms with Crippen molar-refractivity contribution in [2.24, 2.45) is 0 Å². The summed E-state index contributed by atoms with van der Waals surface area (Å²) in [4.78, 5) is 31.9. The number of rotatable bonds is 10. The highest BCUT2D eigenvalue weighted by Crippen LogP contribution is 2.30. The van der Waals surface area contributed by atoms with Gasteiger partial charge in [-0.25, -0.2) is 4.79 Å². The minimum Gasteiger partial charge on any atom is -0.379 e. The summed E-state index contributed by atoms with van der Waals surface area (Å²) in [5.41, 5.74) is 2.02. The zero-order valence-electron chi connectivity index (χ0n) is 18.2. The van der Waals surface area contributed by atoms with Crippen LogP contribution in [-0.2, 0) is 28.9 Å². The number of aromatic nitrogens is 4. The Balaban J connectivity index is 1.34. The van der Waals surface area contributed by atoms with Crippen LogP contribution in [-0.4, -0.2) is 74.9 Å². The van der Waals surface area contributed by atoms with E-state index in [0.29, 0.717) is 16.7 Å². The Morgan fingerprint density at radius 3 is 2.84 bits per heavy atom. The van der Waals surface area contributed by atoms with Crippen LogP contribution in [0.3, 0.4) is 0 Å². The Morgan fingerprint density at radius 2 is 2.03 bits per heavy atom. The van der Waals surface area contributed by atoms with Crippen LogP contribution in [0, 0.1) is 0 Å². The number of nitrogens with one attached hydrogen (secondary N) is 1. The maximum Gasteiger partial charge on any atom is 0.348 e. The van der Waals surface area contributed by atoms with Crippen LogP contribution >= 0.6 is 34.9 Å². The predicted octanol–water partition coefficient (Wildman–Crippen LogP) is 2.15. The van der Waals surface area contributed by atoms with Gasteiger partial charge < -0.3 is 4.74 Å². The molecule has 1 aliphatic heterocycles. The zero-order chi connectivity index (χ0) is 22.3. The number of carbonyl (C=O) groups excluding carboxylic acids is 1. The van der Waals surface area contributed by atoms with Crippen molar-refractivity contribution in [2.45, 2.75) is 48.5 Å². The van der Waals surface area contributed by atoms with Crippen LogP contribution in [0.4, 0.5) is 5.13 Å². The Morgan fingerprint density at radius 1 is 1.19 bits per heavy atom. The summed E-state index contributed by atoms with van der Waals surface area (Å²) in [6.45, 7) is 7.18. The van der Waals surface area contributed by atoms with Gasteiger partial charge in [0.05, 0.1) is 19.0 Å². The van der Waals surface area contributed by atoms with Gasteiger partial charge in [-0.2, -0.15) is 4.98 Å². The van der Waals surface area contributed by atoms with Crippen molar-refractivity contribution >= 4 is 45.9 Å². The molecule has 1 amide bonds. The molecule has 0 bridgehead atoms. The SMILES string of the molecule is CCSc1nnc(NC(=O)CSc2nc(=O)n(CCCN3CCOCC3)c3c2CCC3)s1. The van der Waals surface area contributed by atoms with Crippen molar-refractivity contribution < 1.29 is 9.53 Å². The van der Waals surface area contributed by atoms with Crippen LogP contribution in [0.1, 0.15) is 31.0 Å². The first kappa shape index (κ1) is 23.7. The maximum atomic E-state index is 12.8. The summed E-state index contributed by atoms with van der Waals surface area (Å²) < 4.78 is 8.08. The summed E-state index contributed by atoms with van der Waals surface area (Å²) in [5, 5.41) is 12.0. The summed E-state index contributed by atoms with van der Waals surface area (Å²) in [7, 11) is 0. The van der Waals surface area contributed by atoms with Crippen molar-refractivity contribution in [1.82, 2.24) is 24.6 Å². The molecule has 0 saturated carbocycles. The van der Waals surface area contributed by atoms with E-state index in [1.807, 2.05) is 11.5 Å². The van der Waals surface area contributed by atoms with E-state index in [-0.39, 0.29) is 17.3 Å². The number of morpholine rings is 1. The highest BCUT2D eigenvalue weighted by Gasteiger charge is 2.23. The Hall–Kier alpha value is -1.47. The molecule has 0 atom stereocenters. The number of carbonyl (C=O) groups is 1. The molecule has 0 unspecified atom stereocenters. The largest absolute Gasteiger partial charge is 0.379 e. The van der Waals surface area contributed by atoms with Crippen LogP contribution in [0.25, 0.3) is 0 Å².